The Balaban J connectivity index is 1.85. The molecule has 0 fully saturated rings. The fourth-order valence-corrected chi connectivity index (χ4v) is 2.14. The van der Waals surface area contributed by atoms with Crippen LogP contribution in [0, 0.1) is 0 Å². The van der Waals surface area contributed by atoms with Gasteiger partial charge in [-0.05, 0) is 62.4 Å². The summed E-state index contributed by atoms with van der Waals surface area (Å²) in [4.78, 5) is 24.1. The van der Waals surface area contributed by atoms with Crippen molar-refractivity contribution in [2.24, 2.45) is 0 Å². The Bertz CT molecular complexity index is 757. The minimum Gasteiger partial charge on any atom is -0.497 e. The highest BCUT2D eigenvalue weighted by molar-refractivity contribution is 6.30. The van der Waals surface area contributed by atoms with Crippen LogP contribution in [0.1, 0.15) is 13.8 Å². The second-order valence-electron chi connectivity index (χ2n) is 5.92. The molecule has 0 aliphatic rings. The quantitative estimate of drug-likeness (QED) is 0.745. The van der Waals surface area contributed by atoms with E-state index in [-0.39, 0.29) is 0 Å². The molecule has 0 radical (unpaired) electrons. The second kappa shape index (κ2) is 8.58. The number of rotatable bonds is 7. The smallest absolute Gasteiger partial charge is 0.350 e. The second-order valence-corrected chi connectivity index (χ2v) is 6.36. The summed E-state index contributed by atoms with van der Waals surface area (Å²) in [7, 11) is 1.56. The molecule has 1 amide bonds. The highest BCUT2D eigenvalue weighted by atomic mass is 35.5. The van der Waals surface area contributed by atoms with Crippen LogP contribution in [0.2, 0.25) is 5.02 Å². The predicted octanol–water partition coefficient (Wildman–Crippen LogP) is 3.69. The van der Waals surface area contributed by atoms with Crippen LogP contribution in [0.4, 0.5) is 5.69 Å². The van der Waals surface area contributed by atoms with Gasteiger partial charge in [0.1, 0.15) is 11.5 Å². The lowest BCUT2D eigenvalue weighted by atomic mass is 10.1. The van der Waals surface area contributed by atoms with Gasteiger partial charge in [-0.15, -0.1) is 0 Å². The summed E-state index contributed by atoms with van der Waals surface area (Å²) in [5.41, 5.74) is -0.683. The van der Waals surface area contributed by atoms with Gasteiger partial charge in [0.2, 0.25) is 0 Å². The van der Waals surface area contributed by atoms with E-state index in [0.717, 1.165) is 0 Å². The molecule has 2 aromatic carbocycles. The molecule has 0 unspecified atom stereocenters. The van der Waals surface area contributed by atoms with E-state index in [1.807, 2.05) is 0 Å². The van der Waals surface area contributed by atoms with Crippen molar-refractivity contribution in [1.82, 2.24) is 0 Å². The topological polar surface area (TPSA) is 73.9 Å². The first-order chi connectivity index (χ1) is 12.3. The number of halogens is 1. The van der Waals surface area contributed by atoms with Crippen LogP contribution in [0.15, 0.2) is 48.5 Å². The zero-order valence-corrected chi connectivity index (χ0v) is 15.5. The first-order valence-corrected chi connectivity index (χ1v) is 8.23. The van der Waals surface area contributed by atoms with E-state index in [1.165, 1.54) is 0 Å². The van der Waals surface area contributed by atoms with Crippen molar-refractivity contribution in [3.8, 4) is 11.5 Å². The lowest BCUT2D eigenvalue weighted by Crippen LogP contribution is -2.41. The molecule has 0 saturated heterocycles. The summed E-state index contributed by atoms with van der Waals surface area (Å²) < 4.78 is 15.7. The van der Waals surface area contributed by atoms with Crippen molar-refractivity contribution < 1.29 is 23.8 Å². The van der Waals surface area contributed by atoms with Crippen molar-refractivity contribution in [2.45, 2.75) is 19.4 Å². The molecular formula is C19H20ClNO5. The Morgan fingerprint density at radius 2 is 1.58 bits per heavy atom. The Morgan fingerprint density at radius 1 is 1.00 bits per heavy atom. The van der Waals surface area contributed by atoms with Gasteiger partial charge in [-0.2, -0.15) is 0 Å². The Morgan fingerprint density at radius 3 is 2.15 bits per heavy atom. The molecule has 1 N–H and O–H groups in total. The maximum absolute atomic E-state index is 12.2. The van der Waals surface area contributed by atoms with Gasteiger partial charge in [-0.3, -0.25) is 4.79 Å². The largest absolute Gasteiger partial charge is 0.497 e. The molecule has 0 heterocycles. The fourth-order valence-electron chi connectivity index (χ4n) is 2.02. The maximum Gasteiger partial charge on any atom is 0.350 e. The highest BCUT2D eigenvalue weighted by Crippen LogP contribution is 2.22. The standard InChI is InChI=1S/C19H20ClNO5/c1-19(2,26-16-8-4-13(20)5-9-16)18(23)25-12-17(22)21-14-6-10-15(24-3)11-7-14/h4-11H,12H2,1-3H3,(H,21,22). The normalized spacial score (nSPS) is 10.8. The van der Waals surface area contributed by atoms with Gasteiger partial charge < -0.3 is 19.5 Å². The third kappa shape index (κ3) is 5.67. The zero-order valence-electron chi connectivity index (χ0n) is 14.7. The molecule has 138 valence electrons. The number of anilines is 1. The molecule has 0 aromatic heterocycles. The first kappa shape index (κ1) is 19.6. The van der Waals surface area contributed by atoms with Crippen molar-refractivity contribution in [1.29, 1.82) is 0 Å². The lowest BCUT2D eigenvalue weighted by molar-refractivity contribution is -0.161. The van der Waals surface area contributed by atoms with E-state index in [9.17, 15) is 9.59 Å². The fraction of sp³-hybridized carbons (Fsp3) is 0.263. The number of carbonyl (C=O) groups is 2. The maximum atomic E-state index is 12.2. The third-order valence-electron chi connectivity index (χ3n) is 3.39. The van der Waals surface area contributed by atoms with E-state index < -0.39 is 24.1 Å². The van der Waals surface area contributed by atoms with Crippen LogP contribution in [0.25, 0.3) is 0 Å². The van der Waals surface area contributed by atoms with Crippen molar-refractivity contribution >= 4 is 29.2 Å². The minimum absolute atomic E-state index is 0.418. The number of hydrogen-bond donors (Lipinski definition) is 1. The molecule has 0 atom stereocenters. The zero-order chi connectivity index (χ0) is 19.2. The summed E-state index contributed by atoms with van der Waals surface area (Å²) in [6.45, 7) is 2.70. The molecule has 2 rings (SSSR count). The lowest BCUT2D eigenvalue weighted by Gasteiger charge is -2.24. The number of hydrogen-bond acceptors (Lipinski definition) is 5. The Labute approximate surface area is 157 Å². The monoisotopic (exact) mass is 377 g/mol. The van der Waals surface area contributed by atoms with E-state index >= 15 is 0 Å². The molecule has 6 nitrogen and oxygen atoms in total. The number of methoxy groups -OCH3 is 1. The van der Waals surface area contributed by atoms with Crippen molar-refractivity contribution in [3.63, 3.8) is 0 Å². The predicted molar refractivity (Wildman–Crippen MR) is 98.7 cm³/mol. The molecule has 26 heavy (non-hydrogen) atoms. The van der Waals surface area contributed by atoms with Crippen molar-refractivity contribution in [2.75, 3.05) is 19.0 Å². The van der Waals surface area contributed by atoms with Crippen LogP contribution in [0.3, 0.4) is 0 Å². The van der Waals surface area contributed by atoms with Gasteiger partial charge >= 0.3 is 5.97 Å². The summed E-state index contributed by atoms with van der Waals surface area (Å²) in [6, 6.07) is 13.4. The Kier molecular flexibility index (Phi) is 6.46. The molecule has 0 spiro atoms. The minimum atomic E-state index is -1.26. The van der Waals surface area contributed by atoms with Gasteiger partial charge in [0.15, 0.2) is 12.2 Å². The van der Waals surface area contributed by atoms with Gasteiger partial charge in [0, 0.05) is 10.7 Å². The molecule has 0 aliphatic heterocycles. The van der Waals surface area contributed by atoms with Crippen LogP contribution in [0.5, 0.6) is 11.5 Å². The van der Waals surface area contributed by atoms with E-state index in [0.29, 0.717) is 22.2 Å². The van der Waals surface area contributed by atoms with Gasteiger partial charge in [0.05, 0.1) is 7.11 Å². The summed E-state index contributed by atoms with van der Waals surface area (Å²) >= 11 is 5.81. The Hall–Kier alpha value is -2.73. The average Bonchev–Trinajstić information content (AvgIpc) is 2.62. The van der Waals surface area contributed by atoms with E-state index in [2.05, 4.69) is 5.32 Å². The average molecular weight is 378 g/mol. The highest BCUT2D eigenvalue weighted by Gasteiger charge is 2.32. The van der Waals surface area contributed by atoms with Gasteiger partial charge in [-0.1, -0.05) is 11.6 Å². The molecule has 0 bridgehead atoms. The van der Waals surface area contributed by atoms with Crippen LogP contribution in [-0.2, 0) is 14.3 Å². The van der Waals surface area contributed by atoms with Gasteiger partial charge in [-0.25, -0.2) is 4.79 Å². The third-order valence-corrected chi connectivity index (χ3v) is 3.64. The number of benzene rings is 2. The molecule has 0 aliphatic carbocycles. The van der Waals surface area contributed by atoms with Crippen LogP contribution in [-0.4, -0.2) is 31.2 Å². The number of ether oxygens (including phenoxy) is 3. The van der Waals surface area contributed by atoms with Crippen molar-refractivity contribution in [3.05, 3.63) is 53.6 Å². The summed E-state index contributed by atoms with van der Waals surface area (Å²) in [5, 5.41) is 3.19. The van der Waals surface area contributed by atoms with E-state index in [1.54, 1.807) is 69.5 Å². The molecule has 7 heteroatoms. The number of nitrogens with one attached hydrogen (secondary N) is 1. The number of amides is 1. The van der Waals surface area contributed by atoms with Crippen LogP contribution >= 0.6 is 11.6 Å². The molecule has 0 saturated carbocycles. The van der Waals surface area contributed by atoms with Gasteiger partial charge in [0.25, 0.3) is 5.91 Å². The molecular weight excluding hydrogens is 358 g/mol. The molecule has 2 aromatic rings. The SMILES string of the molecule is COc1ccc(NC(=O)COC(=O)C(C)(C)Oc2ccc(Cl)cc2)cc1. The van der Waals surface area contributed by atoms with E-state index in [4.69, 9.17) is 25.8 Å². The summed E-state index contributed by atoms with van der Waals surface area (Å²) in [5.74, 6) is 0.0395. The number of esters is 1. The van der Waals surface area contributed by atoms with Crippen LogP contribution < -0.4 is 14.8 Å². The number of carbonyl (C=O) groups excluding carboxylic acids is 2. The first-order valence-electron chi connectivity index (χ1n) is 7.86. The summed E-state index contributed by atoms with van der Waals surface area (Å²) in [6.07, 6.45) is 0.